The molecule has 22 heavy (non-hydrogen) atoms. The van der Waals surface area contributed by atoms with Gasteiger partial charge in [0.1, 0.15) is 23.6 Å². The molecule has 0 fully saturated rings. The van der Waals surface area contributed by atoms with E-state index in [1.807, 2.05) is 4.72 Å². The number of phenolic OH excluding ortho intramolecular Hbond substituents is 1. The van der Waals surface area contributed by atoms with Crippen molar-refractivity contribution in [3.05, 3.63) is 48.0 Å². The quantitative estimate of drug-likeness (QED) is 0.640. The number of rotatable bonds is 4. The lowest BCUT2D eigenvalue weighted by molar-refractivity contribution is 0.392. The predicted molar refractivity (Wildman–Crippen MR) is 77.1 cm³/mol. The smallest absolute Gasteiger partial charge is 0.330 e. The van der Waals surface area contributed by atoms with Crippen molar-refractivity contribution in [2.75, 3.05) is 4.31 Å². The Bertz CT molecular complexity index is 816. The SMILES string of the molecule is O=S1(=O)NC(O)=CN1c1ccc(CCc2ncn[nH]2)cc1O. The topological polar surface area (TPSA) is 131 Å². The molecule has 2 heterocycles. The Labute approximate surface area is 126 Å². The molecule has 116 valence electrons. The van der Waals surface area contributed by atoms with Gasteiger partial charge >= 0.3 is 10.2 Å². The minimum Gasteiger partial charge on any atom is -0.506 e. The van der Waals surface area contributed by atoms with Crippen LogP contribution in [0, 0.1) is 0 Å². The van der Waals surface area contributed by atoms with Gasteiger partial charge < -0.3 is 10.2 Å². The fourth-order valence-electron chi connectivity index (χ4n) is 2.11. The first-order chi connectivity index (χ1) is 10.5. The molecule has 0 atom stereocenters. The third-order valence-corrected chi connectivity index (χ3v) is 4.41. The first kappa shape index (κ1) is 14.2. The zero-order valence-corrected chi connectivity index (χ0v) is 12.1. The number of aryl methyl sites for hydroxylation is 2. The van der Waals surface area contributed by atoms with Gasteiger partial charge in [0.05, 0.1) is 6.20 Å². The van der Waals surface area contributed by atoms with Crippen LogP contribution in [0.25, 0.3) is 0 Å². The van der Waals surface area contributed by atoms with Crippen LogP contribution in [-0.2, 0) is 23.1 Å². The summed E-state index contributed by atoms with van der Waals surface area (Å²) in [7, 11) is -3.91. The minimum atomic E-state index is -3.91. The highest BCUT2D eigenvalue weighted by molar-refractivity contribution is 7.91. The molecule has 1 aliphatic heterocycles. The molecule has 0 saturated heterocycles. The maximum Gasteiger partial charge on any atom is 0.330 e. The standard InChI is InChI=1S/C12H13N5O4S/c18-10-5-8(2-4-11-13-7-14-15-11)1-3-9(10)17-6-12(19)16-22(17,20)21/h1,3,5-7,16,18-19H,2,4H2,(H,13,14,15). The number of nitrogens with zero attached hydrogens (tertiary/aromatic N) is 3. The summed E-state index contributed by atoms with van der Waals surface area (Å²) >= 11 is 0. The van der Waals surface area contributed by atoms with Crippen LogP contribution in [0.4, 0.5) is 5.69 Å². The molecule has 3 rings (SSSR count). The van der Waals surface area contributed by atoms with E-state index < -0.39 is 16.1 Å². The molecule has 1 aromatic heterocycles. The van der Waals surface area contributed by atoms with Crippen molar-refractivity contribution in [3.63, 3.8) is 0 Å². The van der Waals surface area contributed by atoms with E-state index >= 15 is 0 Å². The van der Waals surface area contributed by atoms with Crippen molar-refractivity contribution >= 4 is 15.9 Å². The van der Waals surface area contributed by atoms with Crippen molar-refractivity contribution in [2.45, 2.75) is 12.8 Å². The number of nitrogens with one attached hydrogen (secondary N) is 2. The van der Waals surface area contributed by atoms with Crippen LogP contribution in [0.2, 0.25) is 0 Å². The Balaban J connectivity index is 1.81. The Kier molecular flexibility index (Phi) is 3.37. The number of hydrogen-bond donors (Lipinski definition) is 4. The summed E-state index contributed by atoms with van der Waals surface area (Å²) in [5.74, 6) is 0.0166. The number of anilines is 1. The fourth-order valence-corrected chi connectivity index (χ4v) is 3.18. The van der Waals surface area contributed by atoms with Crippen LogP contribution in [0.1, 0.15) is 11.4 Å². The molecule has 2 aromatic rings. The van der Waals surface area contributed by atoms with Crippen LogP contribution in [0.5, 0.6) is 5.75 Å². The third kappa shape index (κ3) is 2.68. The molecule has 0 radical (unpaired) electrons. The van der Waals surface area contributed by atoms with E-state index in [9.17, 15) is 18.6 Å². The molecule has 9 nitrogen and oxygen atoms in total. The predicted octanol–water partition coefficient (Wildman–Crippen LogP) is 0.307. The third-order valence-electron chi connectivity index (χ3n) is 3.12. The summed E-state index contributed by atoms with van der Waals surface area (Å²) in [4.78, 5) is 4.00. The summed E-state index contributed by atoms with van der Waals surface area (Å²) in [6.07, 6.45) is 3.62. The number of aliphatic hydroxyl groups is 1. The summed E-state index contributed by atoms with van der Waals surface area (Å²) in [5.41, 5.74) is 0.871. The lowest BCUT2D eigenvalue weighted by Gasteiger charge is -2.16. The molecule has 0 amide bonds. The van der Waals surface area contributed by atoms with Crippen molar-refractivity contribution in [1.29, 1.82) is 0 Å². The molecule has 0 aliphatic carbocycles. The molecule has 1 aliphatic rings. The molecule has 0 saturated carbocycles. The second kappa shape index (κ2) is 5.22. The summed E-state index contributed by atoms with van der Waals surface area (Å²) < 4.78 is 26.2. The molecular weight excluding hydrogens is 310 g/mol. The van der Waals surface area contributed by atoms with Gasteiger partial charge in [-0.1, -0.05) is 6.07 Å². The Hall–Kier alpha value is -2.75. The lowest BCUT2D eigenvalue weighted by atomic mass is 10.1. The van der Waals surface area contributed by atoms with E-state index in [0.29, 0.717) is 12.8 Å². The maximum absolute atomic E-state index is 11.8. The Morgan fingerprint density at radius 2 is 2.05 bits per heavy atom. The zero-order chi connectivity index (χ0) is 15.7. The highest BCUT2D eigenvalue weighted by Gasteiger charge is 2.30. The van der Waals surface area contributed by atoms with E-state index in [1.54, 1.807) is 6.07 Å². The second-order valence-electron chi connectivity index (χ2n) is 4.67. The maximum atomic E-state index is 11.8. The summed E-state index contributed by atoms with van der Waals surface area (Å²) in [5, 5.41) is 25.8. The second-order valence-corrected chi connectivity index (χ2v) is 6.22. The van der Waals surface area contributed by atoms with Gasteiger partial charge in [-0.25, -0.2) is 14.0 Å². The van der Waals surface area contributed by atoms with Crippen LogP contribution in [-0.4, -0.2) is 33.8 Å². The molecule has 1 aromatic carbocycles. The largest absolute Gasteiger partial charge is 0.506 e. The van der Waals surface area contributed by atoms with Crippen molar-refractivity contribution in [2.24, 2.45) is 0 Å². The number of aliphatic hydroxyl groups excluding tert-OH is 1. The van der Waals surface area contributed by atoms with Gasteiger partial charge in [0.25, 0.3) is 0 Å². The van der Waals surface area contributed by atoms with Crippen LogP contribution in [0.15, 0.2) is 36.6 Å². The van der Waals surface area contributed by atoms with Crippen molar-refractivity contribution in [3.8, 4) is 5.75 Å². The highest BCUT2D eigenvalue weighted by atomic mass is 32.2. The van der Waals surface area contributed by atoms with Gasteiger partial charge in [-0.15, -0.1) is 0 Å². The number of aromatic nitrogens is 3. The van der Waals surface area contributed by atoms with Gasteiger partial charge in [-0.2, -0.15) is 13.5 Å². The summed E-state index contributed by atoms with van der Waals surface area (Å²) in [6, 6.07) is 4.65. The molecule has 0 spiro atoms. The lowest BCUT2D eigenvalue weighted by Crippen LogP contribution is -2.29. The molecule has 0 bridgehead atoms. The Morgan fingerprint density at radius 3 is 2.64 bits per heavy atom. The van der Waals surface area contributed by atoms with Gasteiger partial charge in [-0.05, 0) is 24.1 Å². The summed E-state index contributed by atoms with van der Waals surface area (Å²) in [6.45, 7) is 0. The van der Waals surface area contributed by atoms with E-state index in [0.717, 1.165) is 21.9 Å². The minimum absolute atomic E-state index is 0.0555. The van der Waals surface area contributed by atoms with E-state index in [1.165, 1.54) is 18.5 Å². The zero-order valence-electron chi connectivity index (χ0n) is 11.3. The van der Waals surface area contributed by atoms with E-state index in [4.69, 9.17) is 0 Å². The number of hydrogen-bond acceptors (Lipinski definition) is 6. The first-order valence-corrected chi connectivity index (χ1v) is 7.79. The van der Waals surface area contributed by atoms with Crippen LogP contribution in [0.3, 0.4) is 0 Å². The number of phenols is 1. The number of aromatic amines is 1. The molecular formula is C12H13N5O4S. The highest BCUT2D eigenvalue weighted by Crippen LogP contribution is 2.32. The van der Waals surface area contributed by atoms with Gasteiger partial charge in [-0.3, -0.25) is 5.10 Å². The van der Waals surface area contributed by atoms with Crippen LogP contribution >= 0.6 is 0 Å². The van der Waals surface area contributed by atoms with Crippen LogP contribution < -0.4 is 9.03 Å². The normalized spacial score (nSPS) is 16.4. The average Bonchev–Trinajstić information content (AvgIpc) is 3.04. The van der Waals surface area contributed by atoms with Gasteiger partial charge in [0, 0.05) is 6.42 Å². The molecule has 10 heteroatoms. The fraction of sp³-hybridized carbons (Fsp3) is 0.167. The number of aromatic hydroxyl groups is 1. The Morgan fingerprint density at radius 1 is 1.23 bits per heavy atom. The average molecular weight is 323 g/mol. The monoisotopic (exact) mass is 323 g/mol. The molecule has 4 N–H and O–H groups in total. The number of H-pyrrole nitrogens is 1. The molecule has 0 unspecified atom stereocenters. The van der Waals surface area contributed by atoms with E-state index in [2.05, 4.69) is 15.2 Å². The number of benzene rings is 1. The van der Waals surface area contributed by atoms with Gasteiger partial charge in [0.2, 0.25) is 5.88 Å². The first-order valence-electron chi connectivity index (χ1n) is 6.35. The van der Waals surface area contributed by atoms with Gasteiger partial charge in [0.15, 0.2) is 0 Å². The van der Waals surface area contributed by atoms with E-state index in [-0.39, 0.29) is 11.4 Å². The van der Waals surface area contributed by atoms with Crippen molar-refractivity contribution < 1.29 is 18.6 Å². The van der Waals surface area contributed by atoms with Crippen molar-refractivity contribution in [1.82, 2.24) is 19.9 Å².